The number of benzene rings is 1. The van der Waals surface area contributed by atoms with E-state index in [1.807, 2.05) is 26.0 Å². The van der Waals surface area contributed by atoms with Crippen LogP contribution in [-0.2, 0) is 12.8 Å². The molecule has 6 rings (SSSR count). The molecule has 0 radical (unpaired) electrons. The Kier molecular flexibility index (Phi) is 11.8. The van der Waals surface area contributed by atoms with E-state index in [0.29, 0.717) is 46.3 Å². The van der Waals surface area contributed by atoms with Gasteiger partial charge in [-0.15, -0.1) is 0 Å². The summed E-state index contributed by atoms with van der Waals surface area (Å²) in [6.07, 6.45) is 11.0. The Morgan fingerprint density at radius 2 is 1.96 bits per heavy atom. The van der Waals surface area contributed by atoms with Crippen molar-refractivity contribution in [3.63, 3.8) is 0 Å². The molecule has 9 heteroatoms. The maximum Gasteiger partial charge on any atom is 0.175 e. The molecule has 3 fully saturated rings. The molecular formula is C38H53ClF2N6. The predicted molar refractivity (Wildman–Crippen MR) is 192 cm³/mol. The number of rotatable bonds is 10. The fourth-order valence-electron chi connectivity index (χ4n) is 7.67. The molecule has 5 heterocycles. The highest BCUT2D eigenvalue weighted by molar-refractivity contribution is 6.31. The van der Waals surface area contributed by atoms with Crippen LogP contribution < -0.4 is 10.2 Å². The van der Waals surface area contributed by atoms with Crippen molar-refractivity contribution in [1.82, 2.24) is 25.2 Å². The summed E-state index contributed by atoms with van der Waals surface area (Å²) in [7, 11) is 0. The minimum atomic E-state index is -0.551. The summed E-state index contributed by atoms with van der Waals surface area (Å²) in [6, 6.07) is 3.94. The van der Waals surface area contributed by atoms with Gasteiger partial charge in [0.15, 0.2) is 5.82 Å². The fourth-order valence-corrected chi connectivity index (χ4v) is 8.04. The van der Waals surface area contributed by atoms with Gasteiger partial charge in [0.25, 0.3) is 0 Å². The highest BCUT2D eigenvalue weighted by Crippen LogP contribution is 2.39. The van der Waals surface area contributed by atoms with Crippen LogP contribution in [0.15, 0.2) is 30.6 Å². The molecule has 3 atom stereocenters. The molecule has 0 saturated carbocycles. The summed E-state index contributed by atoms with van der Waals surface area (Å²) >= 11 is 6.72. The second-order valence-corrected chi connectivity index (χ2v) is 14.6. The number of nitrogens with one attached hydrogen (secondary N) is 1. The Balaban J connectivity index is 0.000000365. The number of piperidine rings is 1. The number of fused-ring (bicyclic) bond motifs is 2. The van der Waals surface area contributed by atoms with Gasteiger partial charge in [0, 0.05) is 60.6 Å². The van der Waals surface area contributed by atoms with Crippen LogP contribution in [0.25, 0.3) is 22.2 Å². The topological polar surface area (TPSA) is 57.2 Å². The van der Waals surface area contributed by atoms with Gasteiger partial charge in [-0.2, -0.15) is 0 Å². The molecule has 256 valence electrons. The molecule has 0 spiro atoms. The van der Waals surface area contributed by atoms with Gasteiger partial charge in [-0.1, -0.05) is 32.0 Å². The van der Waals surface area contributed by atoms with Crippen molar-refractivity contribution in [3.8, 4) is 11.3 Å². The SMILES string of the molecule is C=C(CCCCc1c(Cl)cc(C)cc1-c1ncc2c(N3CCCC(C)C3)nc(CC)nc2c1F)NCC.CC12CCCN1CC(F)C2. The molecule has 3 aromatic rings. The molecule has 6 nitrogen and oxygen atoms in total. The number of alkyl halides is 1. The zero-order valence-electron chi connectivity index (χ0n) is 29.1. The van der Waals surface area contributed by atoms with Crippen LogP contribution in [0, 0.1) is 18.7 Å². The number of unbranched alkanes of at least 4 members (excludes halogenated alkanes) is 1. The Morgan fingerprint density at radius 3 is 2.68 bits per heavy atom. The first-order valence-electron chi connectivity index (χ1n) is 17.7. The Labute approximate surface area is 285 Å². The van der Waals surface area contributed by atoms with E-state index in [9.17, 15) is 4.39 Å². The molecule has 3 saturated heterocycles. The van der Waals surface area contributed by atoms with Gasteiger partial charge in [0.1, 0.15) is 29.0 Å². The quantitative estimate of drug-likeness (QED) is 0.218. The highest BCUT2D eigenvalue weighted by atomic mass is 35.5. The van der Waals surface area contributed by atoms with E-state index in [1.165, 1.54) is 19.3 Å². The highest BCUT2D eigenvalue weighted by Gasteiger charge is 2.44. The van der Waals surface area contributed by atoms with Crippen molar-refractivity contribution >= 4 is 28.3 Å². The van der Waals surface area contributed by atoms with E-state index >= 15 is 4.39 Å². The van der Waals surface area contributed by atoms with Crippen LogP contribution in [-0.4, -0.2) is 64.3 Å². The molecule has 47 heavy (non-hydrogen) atoms. The average Bonchev–Trinajstić information content (AvgIpc) is 3.52. The van der Waals surface area contributed by atoms with Gasteiger partial charge in [-0.25, -0.2) is 18.7 Å². The normalized spacial score (nSPS) is 22.7. The summed E-state index contributed by atoms with van der Waals surface area (Å²) in [5, 5.41) is 4.60. The molecule has 0 amide bonds. The molecule has 3 aliphatic heterocycles. The van der Waals surface area contributed by atoms with Crippen molar-refractivity contribution in [1.29, 1.82) is 0 Å². The number of anilines is 1. The second kappa shape index (κ2) is 15.6. The maximum absolute atomic E-state index is 16.3. The molecule has 2 aromatic heterocycles. The van der Waals surface area contributed by atoms with E-state index in [1.54, 1.807) is 6.20 Å². The van der Waals surface area contributed by atoms with Crippen molar-refractivity contribution in [2.45, 2.75) is 111 Å². The van der Waals surface area contributed by atoms with E-state index < -0.39 is 12.0 Å². The van der Waals surface area contributed by atoms with Gasteiger partial charge < -0.3 is 10.2 Å². The zero-order chi connectivity index (χ0) is 33.7. The van der Waals surface area contributed by atoms with Crippen LogP contribution in [0.2, 0.25) is 5.02 Å². The van der Waals surface area contributed by atoms with Gasteiger partial charge in [0.2, 0.25) is 0 Å². The van der Waals surface area contributed by atoms with Crippen molar-refractivity contribution in [3.05, 3.63) is 58.4 Å². The summed E-state index contributed by atoms with van der Waals surface area (Å²) in [4.78, 5) is 18.7. The minimum absolute atomic E-state index is 0.236. The van der Waals surface area contributed by atoms with Crippen molar-refractivity contribution < 1.29 is 8.78 Å². The number of halogens is 3. The summed E-state index contributed by atoms with van der Waals surface area (Å²) in [5.74, 6) is 1.63. The standard InChI is InChI=1S/C30H39ClFN5.C8H14FN/c1-6-26-35-29-24(30(36-26)37-14-10-11-19(3)18-37)17-34-28(27(29)32)23-15-20(4)16-25(31)22(23)13-9-8-12-21(5)33-7-2;1-8-3-2-4-10(8)6-7(9)5-8/h15-17,19,33H,5-14,18H2,1-4H3;7H,2-6H2,1H3. The molecule has 1 N–H and O–H groups in total. The third-order valence-electron chi connectivity index (χ3n) is 10.1. The van der Waals surface area contributed by atoms with Crippen LogP contribution >= 0.6 is 11.6 Å². The number of nitrogens with zero attached hydrogens (tertiary/aromatic N) is 5. The molecule has 3 unspecified atom stereocenters. The van der Waals surface area contributed by atoms with Gasteiger partial charge in [-0.05, 0) is 114 Å². The average molecular weight is 667 g/mol. The van der Waals surface area contributed by atoms with E-state index in [4.69, 9.17) is 16.6 Å². The third kappa shape index (κ3) is 8.25. The molecule has 3 aliphatic rings. The lowest BCUT2D eigenvalue weighted by atomic mass is 9.95. The molecular weight excluding hydrogens is 614 g/mol. The van der Waals surface area contributed by atoms with Crippen LogP contribution in [0.4, 0.5) is 14.6 Å². The Bertz CT molecular complexity index is 1560. The number of aryl methyl sites for hydroxylation is 2. The molecule has 0 bridgehead atoms. The lowest BCUT2D eigenvalue weighted by Gasteiger charge is -2.32. The molecule has 1 aromatic carbocycles. The zero-order valence-corrected chi connectivity index (χ0v) is 29.8. The van der Waals surface area contributed by atoms with E-state index in [0.717, 1.165) is 92.9 Å². The first-order valence-corrected chi connectivity index (χ1v) is 18.1. The van der Waals surface area contributed by atoms with Crippen molar-refractivity contribution in [2.24, 2.45) is 5.92 Å². The lowest BCUT2D eigenvalue weighted by Crippen LogP contribution is -2.35. The van der Waals surface area contributed by atoms with Crippen LogP contribution in [0.5, 0.6) is 0 Å². The van der Waals surface area contributed by atoms with Gasteiger partial charge >= 0.3 is 0 Å². The van der Waals surface area contributed by atoms with Gasteiger partial charge in [-0.3, -0.25) is 9.88 Å². The first-order chi connectivity index (χ1) is 22.5. The van der Waals surface area contributed by atoms with Crippen LogP contribution in [0.3, 0.4) is 0 Å². The lowest BCUT2D eigenvalue weighted by molar-refractivity contribution is 0.217. The number of hydrogen-bond donors (Lipinski definition) is 1. The monoisotopic (exact) mass is 666 g/mol. The number of allylic oxidation sites excluding steroid dienone is 1. The third-order valence-corrected chi connectivity index (χ3v) is 10.5. The first kappa shape index (κ1) is 35.5. The smallest absolute Gasteiger partial charge is 0.175 e. The largest absolute Gasteiger partial charge is 0.389 e. The predicted octanol–water partition coefficient (Wildman–Crippen LogP) is 9.01. The number of aromatic nitrogens is 3. The van der Waals surface area contributed by atoms with Gasteiger partial charge in [0.05, 0.1) is 5.39 Å². The number of pyridine rings is 1. The Hall–Kier alpha value is -2.84. The van der Waals surface area contributed by atoms with E-state index in [-0.39, 0.29) is 5.54 Å². The maximum atomic E-state index is 16.3. The van der Waals surface area contributed by atoms with Crippen LogP contribution in [0.1, 0.15) is 96.0 Å². The summed E-state index contributed by atoms with van der Waals surface area (Å²) in [6.45, 7) is 19.1. The number of hydrogen-bond acceptors (Lipinski definition) is 6. The summed E-state index contributed by atoms with van der Waals surface area (Å²) in [5.41, 5.74) is 4.59. The van der Waals surface area contributed by atoms with E-state index in [2.05, 4.69) is 52.4 Å². The Morgan fingerprint density at radius 1 is 1.15 bits per heavy atom. The minimum Gasteiger partial charge on any atom is -0.389 e. The fraction of sp³-hybridized carbons (Fsp3) is 0.605. The molecule has 0 aliphatic carbocycles. The second-order valence-electron chi connectivity index (χ2n) is 14.2. The van der Waals surface area contributed by atoms with Crippen molar-refractivity contribution in [2.75, 3.05) is 37.6 Å². The summed E-state index contributed by atoms with van der Waals surface area (Å²) < 4.78 is 29.1.